The van der Waals surface area contributed by atoms with E-state index < -0.39 is 10.0 Å². The number of aromatic nitrogens is 2. The van der Waals surface area contributed by atoms with Crippen molar-refractivity contribution in [2.24, 2.45) is 12.2 Å². The smallest absolute Gasteiger partial charge is 0.238 e. The van der Waals surface area contributed by atoms with Gasteiger partial charge in [-0.25, -0.2) is 18.5 Å². The molecule has 108 valence electrons. The molecule has 1 heterocycles. The van der Waals surface area contributed by atoms with Crippen LogP contribution >= 0.6 is 0 Å². The van der Waals surface area contributed by atoms with Gasteiger partial charge in [0.25, 0.3) is 0 Å². The van der Waals surface area contributed by atoms with Gasteiger partial charge in [0.15, 0.2) is 0 Å². The van der Waals surface area contributed by atoms with Crippen LogP contribution in [0.1, 0.15) is 24.4 Å². The highest BCUT2D eigenvalue weighted by Gasteiger charge is 2.16. The molecule has 3 N–H and O–H groups in total. The zero-order valence-electron chi connectivity index (χ0n) is 11.7. The molecule has 0 fully saturated rings. The summed E-state index contributed by atoms with van der Waals surface area (Å²) < 4.78 is 24.9. The Hall–Kier alpha value is -1.86. The summed E-state index contributed by atoms with van der Waals surface area (Å²) in [6.07, 6.45) is 3.59. The summed E-state index contributed by atoms with van der Waals surface area (Å²) in [5.41, 5.74) is 1.34. The van der Waals surface area contributed by atoms with Crippen LogP contribution in [0.3, 0.4) is 0 Å². The number of sulfonamides is 1. The Morgan fingerprint density at radius 2 is 2.10 bits per heavy atom. The number of hydrogen-bond acceptors (Lipinski definition) is 4. The first-order valence-electron chi connectivity index (χ1n) is 6.17. The maximum Gasteiger partial charge on any atom is 0.238 e. The Kier molecular flexibility index (Phi) is 3.82. The molecule has 1 unspecified atom stereocenters. The molecule has 2 rings (SSSR count). The molecule has 0 saturated carbocycles. The van der Waals surface area contributed by atoms with Crippen molar-refractivity contribution in [2.75, 3.05) is 5.32 Å². The van der Waals surface area contributed by atoms with Crippen LogP contribution in [-0.4, -0.2) is 18.0 Å². The van der Waals surface area contributed by atoms with Crippen LogP contribution in [0.5, 0.6) is 0 Å². The van der Waals surface area contributed by atoms with E-state index in [1.807, 2.05) is 30.8 Å². The van der Waals surface area contributed by atoms with E-state index in [9.17, 15) is 8.42 Å². The summed E-state index contributed by atoms with van der Waals surface area (Å²) in [6, 6.07) is 4.94. The topological polar surface area (TPSA) is 90.0 Å². The molecule has 6 nitrogen and oxygen atoms in total. The number of primary sulfonamides is 1. The number of nitrogens with two attached hydrogens (primary N) is 1. The first-order valence-corrected chi connectivity index (χ1v) is 7.71. The summed E-state index contributed by atoms with van der Waals surface area (Å²) in [6.45, 7) is 3.69. The number of nitrogens with zero attached hydrogens (tertiary/aromatic N) is 2. The SMILES string of the molecule is Cc1c(NC(C)c2nccn2C)cccc1S(N)(=O)=O. The molecular weight excluding hydrogens is 276 g/mol. The summed E-state index contributed by atoms with van der Waals surface area (Å²) in [5.74, 6) is 0.866. The first-order chi connectivity index (χ1) is 9.30. The van der Waals surface area contributed by atoms with Gasteiger partial charge in [-0.05, 0) is 31.5 Å². The third-order valence-electron chi connectivity index (χ3n) is 3.21. The van der Waals surface area contributed by atoms with Crippen LogP contribution in [0, 0.1) is 6.92 Å². The van der Waals surface area contributed by atoms with Crippen LogP contribution in [-0.2, 0) is 17.1 Å². The van der Waals surface area contributed by atoms with E-state index in [0.717, 1.165) is 11.5 Å². The monoisotopic (exact) mass is 294 g/mol. The van der Waals surface area contributed by atoms with E-state index in [0.29, 0.717) is 5.56 Å². The lowest BCUT2D eigenvalue weighted by molar-refractivity contribution is 0.597. The molecule has 1 aromatic carbocycles. The fraction of sp³-hybridized carbons (Fsp3) is 0.308. The first kappa shape index (κ1) is 14.5. The van der Waals surface area contributed by atoms with Gasteiger partial charge in [0.2, 0.25) is 10.0 Å². The second kappa shape index (κ2) is 5.26. The zero-order chi connectivity index (χ0) is 14.9. The molecule has 7 heteroatoms. The minimum atomic E-state index is -3.71. The number of anilines is 1. The van der Waals surface area contributed by atoms with E-state index in [1.54, 1.807) is 19.2 Å². The molecule has 0 saturated heterocycles. The van der Waals surface area contributed by atoms with Crippen molar-refractivity contribution in [2.45, 2.75) is 24.8 Å². The van der Waals surface area contributed by atoms with E-state index in [-0.39, 0.29) is 10.9 Å². The van der Waals surface area contributed by atoms with Gasteiger partial charge in [-0.1, -0.05) is 6.07 Å². The summed E-state index contributed by atoms with van der Waals surface area (Å²) in [7, 11) is -1.80. The minimum absolute atomic E-state index is 0.0515. The number of nitrogens with one attached hydrogen (secondary N) is 1. The third kappa shape index (κ3) is 2.83. The van der Waals surface area contributed by atoms with E-state index in [1.165, 1.54) is 6.07 Å². The van der Waals surface area contributed by atoms with Gasteiger partial charge in [0, 0.05) is 25.1 Å². The molecule has 0 aliphatic rings. The minimum Gasteiger partial charge on any atom is -0.375 e. The predicted molar refractivity (Wildman–Crippen MR) is 77.8 cm³/mol. The molecule has 2 aromatic rings. The van der Waals surface area contributed by atoms with E-state index >= 15 is 0 Å². The Bertz CT molecular complexity index is 722. The highest BCUT2D eigenvalue weighted by Crippen LogP contribution is 2.25. The molecular formula is C13H18N4O2S. The maximum absolute atomic E-state index is 11.5. The van der Waals surface area contributed by atoms with Crippen molar-refractivity contribution in [1.82, 2.24) is 9.55 Å². The van der Waals surface area contributed by atoms with Gasteiger partial charge in [0.1, 0.15) is 5.82 Å². The Morgan fingerprint density at radius 3 is 2.65 bits per heavy atom. The Balaban J connectivity index is 2.34. The summed E-state index contributed by atoms with van der Waals surface area (Å²) >= 11 is 0. The number of imidazole rings is 1. The number of rotatable bonds is 4. The Labute approximate surface area is 118 Å². The van der Waals surface area contributed by atoms with Crippen molar-refractivity contribution in [3.05, 3.63) is 42.0 Å². The Morgan fingerprint density at radius 1 is 1.40 bits per heavy atom. The summed E-state index contributed by atoms with van der Waals surface area (Å²) in [4.78, 5) is 4.40. The lowest BCUT2D eigenvalue weighted by Gasteiger charge is -2.18. The standard InChI is InChI=1S/C13H18N4O2S/c1-9-11(5-4-6-12(9)20(14,18)19)16-10(2)13-15-7-8-17(13)3/h4-8,10,16H,1-3H3,(H2,14,18,19). The third-order valence-corrected chi connectivity index (χ3v) is 4.26. The van der Waals surface area contributed by atoms with Gasteiger partial charge in [-0.15, -0.1) is 0 Å². The highest BCUT2D eigenvalue weighted by molar-refractivity contribution is 7.89. The number of aryl methyl sites for hydroxylation is 1. The second-order valence-corrected chi connectivity index (χ2v) is 6.27. The van der Waals surface area contributed by atoms with Crippen molar-refractivity contribution in [3.8, 4) is 0 Å². The fourth-order valence-corrected chi connectivity index (χ4v) is 2.98. The number of benzene rings is 1. The normalized spacial score (nSPS) is 13.2. The van der Waals surface area contributed by atoms with Crippen LogP contribution < -0.4 is 10.5 Å². The maximum atomic E-state index is 11.5. The molecule has 0 aliphatic heterocycles. The molecule has 0 bridgehead atoms. The largest absolute Gasteiger partial charge is 0.375 e. The summed E-state index contributed by atoms with van der Waals surface area (Å²) in [5, 5.41) is 8.47. The van der Waals surface area contributed by atoms with Gasteiger partial charge in [-0.2, -0.15) is 0 Å². The van der Waals surface area contributed by atoms with Crippen molar-refractivity contribution < 1.29 is 8.42 Å². The number of hydrogen-bond donors (Lipinski definition) is 2. The van der Waals surface area contributed by atoms with Gasteiger partial charge in [-0.3, -0.25) is 0 Å². The molecule has 1 atom stereocenters. The molecule has 0 radical (unpaired) electrons. The van der Waals surface area contributed by atoms with Crippen LogP contribution in [0.25, 0.3) is 0 Å². The quantitative estimate of drug-likeness (QED) is 0.895. The molecule has 0 amide bonds. The average Bonchev–Trinajstić information content (AvgIpc) is 2.76. The van der Waals surface area contributed by atoms with Crippen molar-refractivity contribution in [1.29, 1.82) is 0 Å². The van der Waals surface area contributed by atoms with Gasteiger partial charge >= 0.3 is 0 Å². The van der Waals surface area contributed by atoms with E-state index in [4.69, 9.17) is 5.14 Å². The molecule has 1 aromatic heterocycles. The molecule has 20 heavy (non-hydrogen) atoms. The predicted octanol–water partition coefficient (Wildman–Crippen LogP) is 1.55. The van der Waals surface area contributed by atoms with Crippen molar-refractivity contribution >= 4 is 15.7 Å². The van der Waals surface area contributed by atoms with Gasteiger partial charge < -0.3 is 9.88 Å². The zero-order valence-corrected chi connectivity index (χ0v) is 12.5. The van der Waals surface area contributed by atoms with Crippen molar-refractivity contribution in [3.63, 3.8) is 0 Å². The highest BCUT2D eigenvalue weighted by atomic mass is 32.2. The molecule has 0 spiro atoms. The van der Waals surface area contributed by atoms with Crippen LogP contribution in [0.4, 0.5) is 5.69 Å². The van der Waals surface area contributed by atoms with Crippen LogP contribution in [0.15, 0.2) is 35.5 Å². The lowest BCUT2D eigenvalue weighted by atomic mass is 10.2. The average molecular weight is 294 g/mol. The lowest BCUT2D eigenvalue weighted by Crippen LogP contribution is -2.16. The molecule has 0 aliphatic carbocycles. The fourth-order valence-electron chi connectivity index (χ4n) is 2.17. The van der Waals surface area contributed by atoms with E-state index in [2.05, 4.69) is 10.3 Å². The second-order valence-electron chi connectivity index (χ2n) is 4.74. The van der Waals surface area contributed by atoms with Crippen LogP contribution in [0.2, 0.25) is 0 Å². The van der Waals surface area contributed by atoms with Gasteiger partial charge in [0.05, 0.1) is 10.9 Å².